The van der Waals surface area contributed by atoms with Crippen molar-refractivity contribution < 1.29 is 51.5 Å². The highest BCUT2D eigenvalue weighted by Gasteiger charge is 2.40. The normalized spacial score (nSPS) is 18.4. The first-order valence-electron chi connectivity index (χ1n) is 18.6. The van der Waals surface area contributed by atoms with Gasteiger partial charge in [0.25, 0.3) is 5.91 Å². The molecule has 3 rings (SSSR count). The Balaban J connectivity index is 1.68. The second-order valence-electron chi connectivity index (χ2n) is 13.9. The smallest absolute Gasteiger partial charge is 0.407 e. The summed E-state index contributed by atoms with van der Waals surface area (Å²) >= 11 is 0. The van der Waals surface area contributed by atoms with Crippen molar-refractivity contribution in [3.8, 4) is 0 Å². The van der Waals surface area contributed by atoms with Gasteiger partial charge in [-0.15, -0.1) is 0 Å². The van der Waals surface area contributed by atoms with Crippen molar-refractivity contribution in [3.63, 3.8) is 0 Å². The number of ketones is 2. The molecular formula is C37H53F3N6O8. The summed E-state index contributed by atoms with van der Waals surface area (Å²) in [6, 6.07) is 3.58. The maximum absolute atomic E-state index is 13.7. The number of nitrogens with one attached hydrogen (secondary N) is 5. The highest BCUT2D eigenvalue weighted by atomic mass is 19.4. The summed E-state index contributed by atoms with van der Waals surface area (Å²) in [4.78, 5) is 92.6. The number of alkyl halides is 3. The van der Waals surface area contributed by atoms with E-state index in [0.29, 0.717) is 18.4 Å². The fraction of sp³-hybridized carbons (Fsp3) is 0.649. The van der Waals surface area contributed by atoms with Crippen molar-refractivity contribution in [1.82, 2.24) is 31.5 Å². The molecule has 5 unspecified atom stereocenters. The average molecular weight is 767 g/mol. The molecule has 17 heteroatoms. The van der Waals surface area contributed by atoms with E-state index in [1.165, 1.54) is 4.90 Å². The Morgan fingerprint density at radius 1 is 0.907 bits per heavy atom. The molecule has 14 nitrogen and oxygen atoms in total. The molecule has 300 valence electrons. The molecule has 2 fully saturated rings. The van der Waals surface area contributed by atoms with Crippen LogP contribution in [-0.4, -0.2) is 103 Å². The van der Waals surface area contributed by atoms with Gasteiger partial charge in [0.15, 0.2) is 5.78 Å². The molecule has 5 N–H and O–H groups in total. The molecule has 1 heterocycles. The predicted molar refractivity (Wildman–Crippen MR) is 191 cm³/mol. The van der Waals surface area contributed by atoms with Crippen LogP contribution in [0.2, 0.25) is 0 Å². The minimum atomic E-state index is -4.72. The van der Waals surface area contributed by atoms with Crippen LogP contribution in [0.3, 0.4) is 0 Å². The van der Waals surface area contributed by atoms with Crippen LogP contribution in [-0.2, 0) is 33.5 Å². The van der Waals surface area contributed by atoms with E-state index >= 15 is 0 Å². The van der Waals surface area contributed by atoms with Gasteiger partial charge >= 0.3 is 12.3 Å². The lowest BCUT2D eigenvalue weighted by Gasteiger charge is -2.33. The summed E-state index contributed by atoms with van der Waals surface area (Å²) in [7, 11) is 1.55. The number of hydrogen-bond donors (Lipinski definition) is 5. The standard InChI is InChI=1S/C37H53F3N6O8/c1-4-23(2)54-36(53)44-27(24-12-7-5-8-13-24)20-31(49)46-19-11-16-28(46)34(51)43-26(17-18-37(38,39)40)33(50)35(52)42-22-30(48)45-32(29(47)21-41-3)25-14-9-6-10-15-25/h6,9-10,14-15,23-24,26-28,32,41H,4-5,7-8,11-13,16-22H2,1-3H3,(H,42,52)(H,43,51)(H,44,53)(H,45,48). The summed E-state index contributed by atoms with van der Waals surface area (Å²) in [6.07, 6.45) is -2.65. The summed E-state index contributed by atoms with van der Waals surface area (Å²) in [5, 5.41) is 12.4. The number of alkyl carbamates (subject to hydrolysis) is 1. The third-order valence-electron chi connectivity index (χ3n) is 9.77. The van der Waals surface area contributed by atoms with Crippen LogP contribution in [0.15, 0.2) is 30.3 Å². The monoisotopic (exact) mass is 766 g/mol. The topological polar surface area (TPSA) is 192 Å². The molecule has 1 saturated heterocycles. The van der Waals surface area contributed by atoms with Crippen molar-refractivity contribution in [2.45, 2.75) is 121 Å². The first kappa shape index (κ1) is 43.9. The molecule has 1 aliphatic carbocycles. The third kappa shape index (κ3) is 14.0. The van der Waals surface area contributed by atoms with E-state index in [4.69, 9.17) is 4.74 Å². The van der Waals surface area contributed by atoms with Crippen LogP contribution in [0.4, 0.5) is 18.0 Å². The highest BCUT2D eigenvalue weighted by molar-refractivity contribution is 6.38. The molecule has 2 aliphatic rings. The van der Waals surface area contributed by atoms with Crippen LogP contribution < -0.4 is 26.6 Å². The minimum Gasteiger partial charge on any atom is -0.447 e. The van der Waals surface area contributed by atoms with Crippen molar-refractivity contribution in [2.75, 3.05) is 26.7 Å². The Labute approximate surface area is 313 Å². The zero-order chi connectivity index (χ0) is 39.8. The van der Waals surface area contributed by atoms with Crippen LogP contribution in [0, 0.1) is 5.92 Å². The number of carbonyl (C=O) groups is 7. The first-order chi connectivity index (χ1) is 25.6. The van der Waals surface area contributed by atoms with Gasteiger partial charge in [-0.3, -0.25) is 28.8 Å². The highest BCUT2D eigenvalue weighted by Crippen LogP contribution is 2.30. The maximum atomic E-state index is 13.7. The van der Waals surface area contributed by atoms with Gasteiger partial charge in [-0.05, 0) is 64.0 Å². The number of nitrogens with zero attached hydrogens (tertiary/aromatic N) is 1. The number of Topliss-reactive ketones (excluding diaryl/α,β-unsaturated/α-hetero) is 2. The van der Waals surface area contributed by atoms with E-state index in [0.717, 1.165) is 32.1 Å². The Bertz CT molecular complexity index is 1460. The van der Waals surface area contributed by atoms with Crippen LogP contribution in [0.5, 0.6) is 0 Å². The molecule has 0 aromatic heterocycles. The minimum absolute atomic E-state index is 0.00471. The van der Waals surface area contributed by atoms with E-state index in [1.807, 2.05) is 6.92 Å². The van der Waals surface area contributed by atoms with E-state index in [9.17, 15) is 46.7 Å². The molecule has 0 spiro atoms. The number of hydrogen-bond acceptors (Lipinski definition) is 9. The van der Waals surface area contributed by atoms with Gasteiger partial charge in [0.2, 0.25) is 23.5 Å². The number of halogens is 3. The predicted octanol–water partition coefficient (Wildman–Crippen LogP) is 3.00. The number of likely N-dealkylation sites (tertiary alicyclic amines) is 1. The van der Waals surface area contributed by atoms with Gasteiger partial charge in [0.05, 0.1) is 19.1 Å². The molecule has 5 atom stereocenters. The third-order valence-corrected chi connectivity index (χ3v) is 9.77. The Hall–Kier alpha value is -4.54. The lowest BCUT2D eigenvalue weighted by Crippen LogP contribution is -2.54. The second kappa shape index (κ2) is 21.4. The number of benzene rings is 1. The van der Waals surface area contributed by atoms with E-state index in [2.05, 4.69) is 26.6 Å². The lowest BCUT2D eigenvalue weighted by atomic mass is 9.82. The molecule has 54 heavy (non-hydrogen) atoms. The Morgan fingerprint density at radius 3 is 2.22 bits per heavy atom. The van der Waals surface area contributed by atoms with Crippen molar-refractivity contribution in [1.29, 1.82) is 0 Å². The molecule has 1 aromatic rings. The maximum Gasteiger partial charge on any atom is 0.407 e. The molecule has 1 saturated carbocycles. The van der Waals surface area contributed by atoms with E-state index < -0.39 is 91.0 Å². The Kier molecular flexibility index (Phi) is 17.4. The Morgan fingerprint density at radius 2 is 1.59 bits per heavy atom. The largest absolute Gasteiger partial charge is 0.447 e. The number of amides is 5. The fourth-order valence-corrected chi connectivity index (χ4v) is 6.70. The van der Waals surface area contributed by atoms with Crippen LogP contribution in [0.1, 0.15) is 96.1 Å². The number of ether oxygens (including phenoxy) is 1. The summed E-state index contributed by atoms with van der Waals surface area (Å²) in [6.45, 7) is 2.92. The molecular weight excluding hydrogens is 713 g/mol. The van der Waals surface area contributed by atoms with Gasteiger partial charge in [-0.2, -0.15) is 13.2 Å². The van der Waals surface area contributed by atoms with Crippen molar-refractivity contribution in [2.24, 2.45) is 5.92 Å². The van der Waals surface area contributed by atoms with Gasteiger partial charge < -0.3 is 36.2 Å². The van der Waals surface area contributed by atoms with Gasteiger partial charge in [-0.25, -0.2) is 4.79 Å². The van der Waals surface area contributed by atoms with Gasteiger partial charge in [0, 0.05) is 25.4 Å². The van der Waals surface area contributed by atoms with Crippen LogP contribution in [0.25, 0.3) is 0 Å². The first-order valence-corrected chi connectivity index (χ1v) is 18.6. The molecule has 0 radical (unpaired) electrons. The number of carbonyl (C=O) groups excluding carboxylic acids is 7. The second-order valence-corrected chi connectivity index (χ2v) is 13.9. The summed E-state index contributed by atoms with van der Waals surface area (Å²) < 4.78 is 45.2. The fourth-order valence-electron chi connectivity index (χ4n) is 6.70. The molecule has 5 amide bonds. The molecule has 0 bridgehead atoms. The quantitative estimate of drug-likeness (QED) is 0.132. The van der Waals surface area contributed by atoms with Gasteiger partial charge in [0.1, 0.15) is 18.2 Å². The lowest BCUT2D eigenvalue weighted by molar-refractivity contribution is -0.147. The number of rotatable bonds is 19. The SMILES string of the molecule is CCC(C)OC(=O)NC(CC(=O)N1CCCC1C(=O)NC(CCC(F)(F)F)C(=O)C(=O)NCC(=O)NC(C(=O)CNC)c1ccccc1)C1CCCCC1. The van der Waals surface area contributed by atoms with E-state index in [-0.39, 0.29) is 38.0 Å². The van der Waals surface area contributed by atoms with Crippen molar-refractivity contribution in [3.05, 3.63) is 35.9 Å². The van der Waals surface area contributed by atoms with Crippen LogP contribution >= 0.6 is 0 Å². The molecule has 1 aromatic carbocycles. The van der Waals surface area contributed by atoms with E-state index in [1.54, 1.807) is 44.3 Å². The zero-order valence-electron chi connectivity index (χ0n) is 31.1. The van der Waals surface area contributed by atoms with Gasteiger partial charge in [-0.1, -0.05) is 56.5 Å². The zero-order valence-corrected chi connectivity index (χ0v) is 31.1. The summed E-state index contributed by atoms with van der Waals surface area (Å²) in [5.74, 6) is -5.41. The number of likely N-dealkylation sites (N-methyl/N-ethyl adjacent to an activating group) is 1. The van der Waals surface area contributed by atoms with Crippen molar-refractivity contribution >= 4 is 41.3 Å². The summed E-state index contributed by atoms with van der Waals surface area (Å²) in [5.41, 5.74) is 0.466. The average Bonchev–Trinajstić information content (AvgIpc) is 3.65. The molecule has 1 aliphatic heterocycles.